The largest absolute Gasteiger partial charge is 0.488 e. The molecule has 1 aliphatic carbocycles. The van der Waals surface area contributed by atoms with Crippen LogP contribution in [-0.4, -0.2) is 53.6 Å². The molecule has 10 nitrogen and oxygen atoms in total. The maximum atomic E-state index is 11.3. The van der Waals surface area contributed by atoms with Crippen LogP contribution in [0, 0.1) is 0 Å². The molecular formula is C22H21BrN6O4. The van der Waals surface area contributed by atoms with Gasteiger partial charge in [-0.15, -0.1) is 0 Å². The van der Waals surface area contributed by atoms with Crippen LogP contribution in [0.5, 0.6) is 5.75 Å². The highest BCUT2D eigenvalue weighted by Gasteiger charge is 2.62. The summed E-state index contributed by atoms with van der Waals surface area (Å²) in [6, 6.07) is 9.24. The number of aromatic nitrogens is 4. The van der Waals surface area contributed by atoms with E-state index < -0.39 is 30.1 Å². The minimum absolute atomic E-state index is 0.118. The lowest BCUT2D eigenvalue weighted by atomic mass is 9.94. The molecular weight excluding hydrogens is 492 g/mol. The molecule has 2 fully saturated rings. The van der Waals surface area contributed by atoms with Gasteiger partial charge in [-0.2, -0.15) is 4.98 Å². The quantitative estimate of drug-likeness (QED) is 0.323. The number of anilines is 2. The highest BCUT2D eigenvalue weighted by atomic mass is 79.9. The average Bonchev–Trinajstić information content (AvgIpc) is 3.41. The van der Waals surface area contributed by atoms with Gasteiger partial charge in [0.2, 0.25) is 5.95 Å². The summed E-state index contributed by atoms with van der Waals surface area (Å²) in [5.41, 5.74) is 11.4. The summed E-state index contributed by atoms with van der Waals surface area (Å²) in [7, 11) is 0. The SMILES string of the molecule is Nc1ncc2ccn([C@@H]3O[C@@H]4[C@@H](Oc5ccc6cc(Br)c(N)nc6c5)CC[C@]4(O)C3O)c2n1. The molecule has 1 aliphatic heterocycles. The lowest BCUT2D eigenvalue weighted by Crippen LogP contribution is -2.47. The molecule has 1 aromatic carbocycles. The van der Waals surface area contributed by atoms with Crippen molar-refractivity contribution in [2.45, 2.75) is 43.0 Å². The van der Waals surface area contributed by atoms with Gasteiger partial charge >= 0.3 is 0 Å². The Morgan fingerprint density at radius 1 is 1.18 bits per heavy atom. The Balaban J connectivity index is 1.29. The third-order valence-electron chi connectivity index (χ3n) is 6.53. The Bertz CT molecular complexity index is 1400. The first-order chi connectivity index (χ1) is 15.8. The topological polar surface area (TPSA) is 155 Å². The van der Waals surface area contributed by atoms with Crippen molar-refractivity contribution in [1.29, 1.82) is 0 Å². The Morgan fingerprint density at radius 2 is 2.03 bits per heavy atom. The standard InChI is InChI=1S/C22H21BrN6O4/c23-13-7-10-1-2-12(8-14(10)27-18(13)24)32-15-3-5-22(31)16(30)20(33-17(15)22)29-6-4-11-9-26-21(25)28-19(11)29/h1-2,4,6-9,15-17,20,30-31H,3,5H2,(H2,24,27)(H2,25,26,28)/t15-,16?,17+,20+,22-/m0/s1. The van der Waals surface area contributed by atoms with Gasteiger partial charge in [0.25, 0.3) is 0 Å². The van der Waals surface area contributed by atoms with E-state index >= 15 is 0 Å². The lowest BCUT2D eigenvalue weighted by molar-refractivity contribution is -0.0791. The van der Waals surface area contributed by atoms with Crippen LogP contribution in [0.25, 0.3) is 21.9 Å². The Labute approximate surface area is 196 Å². The van der Waals surface area contributed by atoms with Crippen LogP contribution in [0.1, 0.15) is 19.1 Å². The van der Waals surface area contributed by atoms with E-state index in [0.29, 0.717) is 35.6 Å². The van der Waals surface area contributed by atoms with Gasteiger partial charge < -0.3 is 35.7 Å². The second-order valence-corrected chi connectivity index (χ2v) is 9.37. The summed E-state index contributed by atoms with van der Waals surface area (Å²) in [6.07, 6.45) is 1.02. The van der Waals surface area contributed by atoms with Gasteiger partial charge in [0.15, 0.2) is 6.23 Å². The molecule has 0 amide bonds. The molecule has 6 N–H and O–H groups in total. The lowest BCUT2D eigenvalue weighted by Gasteiger charge is -2.26. The molecule has 2 aliphatic rings. The van der Waals surface area contributed by atoms with E-state index in [1.807, 2.05) is 24.3 Å². The van der Waals surface area contributed by atoms with Crippen LogP contribution < -0.4 is 16.2 Å². The Kier molecular flexibility index (Phi) is 4.53. The molecule has 3 aromatic heterocycles. The van der Waals surface area contributed by atoms with Gasteiger partial charge in [-0.25, -0.2) is 9.97 Å². The zero-order valence-corrected chi connectivity index (χ0v) is 18.9. The molecule has 33 heavy (non-hydrogen) atoms. The number of ether oxygens (including phenoxy) is 2. The number of nitrogens with two attached hydrogens (primary N) is 2. The molecule has 11 heteroatoms. The van der Waals surface area contributed by atoms with Crippen LogP contribution >= 0.6 is 15.9 Å². The fourth-order valence-electron chi connectivity index (χ4n) is 4.86. The second-order valence-electron chi connectivity index (χ2n) is 8.52. The normalized spacial score (nSPS) is 29.1. The minimum atomic E-state index is -1.45. The molecule has 5 atom stereocenters. The van der Waals surface area contributed by atoms with Crippen molar-refractivity contribution in [3.8, 4) is 5.75 Å². The number of aliphatic hydroxyl groups excluding tert-OH is 1. The number of aliphatic hydroxyl groups is 2. The molecule has 1 saturated heterocycles. The number of hydrogen-bond donors (Lipinski definition) is 4. The maximum absolute atomic E-state index is 11.3. The molecule has 1 saturated carbocycles. The Morgan fingerprint density at radius 3 is 2.88 bits per heavy atom. The van der Waals surface area contributed by atoms with Crippen molar-refractivity contribution in [3.63, 3.8) is 0 Å². The number of nitrogens with zero attached hydrogens (tertiary/aromatic N) is 4. The van der Waals surface area contributed by atoms with E-state index in [0.717, 1.165) is 15.2 Å². The van der Waals surface area contributed by atoms with Crippen LogP contribution in [0.2, 0.25) is 0 Å². The van der Waals surface area contributed by atoms with Gasteiger partial charge in [0, 0.05) is 29.2 Å². The highest BCUT2D eigenvalue weighted by Crippen LogP contribution is 2.48. The van der Waals surface area contributed by atoms with Crippen molar-refractivity contribution in [2.75, 3.05) is 11.5 Å². The molecule has 4 heterocycles. The van der Waals surface area contributed by atoms with Crippen LogP contribution in [0.15, 0.2) is 47.2 Å². The first kappa shape index (κ1) is 20.6. The fraction of sp³-hybridized carbons (Fsp3) is 0.318. The van der Waals surface area contributed by atoms with Gasteiger partial charge in [0.05, 0.1) is 9.99 Å². The summed E-state index contributed by atoms with van der Waals surface area (Å²) in [5, 5.41) is 24.0. The summed E-state index contributed by atoms with van der Waals surface area (Å²) >= 11 is 3.39. The number of nitrogen functional groups attached to an aromatic ring is 2. The smallest absolute Gasteiger partial charge is 0.221 e. The maximum Gasteiger partial charge on any atom is 0.221 e. The van der Waals surface area contributed by atoms with E-state index in [9.17, 15) is 10.2 Å². The van der Waals surface area contributed by atoms with Gasteiger partial charge in [-0.1, -0.05) is 0 Å². The predicted molar refractivity (Wildman–Crippen MR) is 124 cm³/mol. The molecule has 1 unspecified atom stereocenters. The number of halogens is 1. The number of pyridine rings is 1. The minimum Gasteiger partial charge on any atom is -0.488 e. The van der Waals surface area contributed by atoms with Crippen LogP contribution in [0.3, 0.4) is 0 Å². The van der Waals surface area contributed by atoms with Gasteiger partial charge in [0.1, 0.15) is 41.1 Å². The molecule has 0 spiro atoms. The predicted octanol–water partition coefficient (Wildman–Crippen LogP) is 2.14. The third-order valence-corrected chi connectivity index (χ3v) is 7.17. The number of hydrogen-bond acceptors (Lipinski definition) is 9. The summed E-state index contributed by atoms with van der Waals surface area (Å²) in [4.78, 5) is 12.6. The number of rotatable bonds is 3. The summed E-state index contributed by atoms with van der Waals surface area (Å²) in [6.45, 7) is 0. The first-order valence-electron chi connectivity index (χ1n) is 10.5. The molecule has 4 aromatic rings. The molecule has 0 radical (unpaired) electrons. The summed E-state index contributed by atoms with van der Waals surface area (Å²) < 4.78 is 14.8. The monoisotopic (exact) mass is 512 g/mol. The Hall–Kier alpha value is -2.99. The van der Waals surface area contributed by atoms with E-state index in [2.05, 4.69) is 30.9 Å². The molecule has 170 valence electrons. The van der Waals surface area contributed by atoms with Crippen molar-refractivity contribution >= 4 is 49.6 Å². The van der Waals surface area contributed by atoms with Gasteiger partial charge in [-0.05, 0) is 53.0 Å². The van der Waals surface area contributed by atoms with E-state index in [1.54, 1.807) is 23.0 Å². The van der Waals surface area contributed by atoms with Crippen LogP contribution in [-0.2, 0) is 4.74 Å². The van der Waals surface area contributed by atoms with Crippen molar-refractivity contribution in [2.24, 2.45) is 0 Å². The number of fused-ring (bicyclic) bond motifs is 3. The molecule has 0 bridgehead atoms. The van der Waals surface area contributed by atoms with E-state index in [1.165, 1.54) is 0 Å². The summed E-state index contributed by atoms with van der Waals surface area (Å²) in [5.74, 6) is 1.09. The van der Waals surface area contributed by atoms with Crippen molar-refractivity contribution in [1.82, 2.24) is 19.5 Å². The zero-order chi connectivity index (χ0) is 22.9. The van der Waals surface area contributed by atoms with Crippen molar-refractivity contribution in [3.05, 3.63) is 47.2 Å². The average molecular weight is 513 g/mol. The van der Waals surface area contributed by atoms with E-state index in [-0.39, 0.29) is 5.95 Å². The fourth-order valence-corrected chi connectivity index (χ4v) is 5.20. The van der Waals surface area contributed by atoms with Gasteiger partial charge in [-0.3, -0.25) is 0 Å². The number of benzene rings is 1. The molecule has 6 rings (SSSR count). The second kappa shape index (κ2) is 7.26. The van der Waals surface area contributed by atoms with Crippen molar-refractivity contribution < 1.29 is 19.7 Å². The van der Waals surface area contributed by atoms with E-state index in [4.69, 9.17) is 20.9 Å². The third kappa shape index (κ3) is 3.15. The first-order valence-corrected chi connectivity index (χ1v) is 11.3. The highest BCUT2D eigenvalue weighted by molar-refractivity contribution is 9.10. The van der Waals surface area contributed by atoms with Crippen LogP contribution in [0.4, 0.5) is 11.8 Å². The zero-order valence-electron chi connectivity index (χ0n) is 17.3.